The van der Waals surface area contributed by atoms with Crippen LogP contribution in [0.3, 0.4) is 0 Å². The summed E-state index contributed by atoms with van der Waals surface area (Å²) in [6, 6.07) is 9.21. The summed E-state index contributed by atoms with van der Waals surface area (Å²) in [7, 11) is 0. The van der Waals surface area contributed by atoms with Gasteiger partial charge in [0.1, 0.15) is 0 Å². The monoisotopic (exact) mass is 410 g/mol. The first-order valence-electron chi connectivity index (χ1n) is 11.9. The van der Waals surface area contributed by atoms with Crippen molar-refractivity contribution >= 4 is 0 Å². The van der Waals surface area contributed by atoms with Crippen molar-refractivity contribution in [1.82, 2.24) is 10.2 Å². The molecule has 2 rings (SSSR count). The van der Waals surface area contributed by atoms with Gasteiger partial charge in [-0.1, -0.05) is 101 Å². The van der Waals surface area contributed by atoms with Gasteiger partial charge in [-0.3, -0.25) is 0 Å². The predicted molar refractivity (Wildman–Crippen MR) is 133 cm³/mol. The molecule has 0 aliphatic carbocycles. The summed E-state index contributed by atoms with van der Waals surface area (Å²) in [6.07, 6.45) is 0. The summed E-state index contributed by atoms with van der Waals surface area (Å²) in [5.41, 5.74) is 8.09. The standard InChI is InChI=1S/C15H24.C13H22N2/c1-10(2)13-7-8-14(11(3)4)15(9-13)12(5)6;1-8(2)11-7-12(9(3)4)14-15-13(11)10(5)6/h7-12H,1-6H3;7-10H,1-6H3. The lowest BCUT2D eigenvalue weighted by molar-refractivity contribution is 0.694. The molecule has 0 aliphatic heterocycles. The van der Waals surface area contributed by atoms with Crippen LogP contribution in [0, 0.1) is 0 Å². The molecule has 0 radical (unpaired) electrons. The zero-order valence-corrected chi connectivity index (χ0v) is 21.7. The van der Waals surface area contributed by atoms with Crippen LogP contribution >= 0.6 is 0 Å². The van der Waals surface area contributed by atoms with E-state index < -0.39 is 0 Å². The lowest BCUT2D eigenvalue weighted by atomic mass is 9.87. The molecule has 0 atom stereocenters. The molecule has 0 saturated heterocycles. The number of nitrogens with zero attached hydrogens (tertiary/aromatic N) is 2. The van der Waals surface area contributed by atoms with Crippen molar-refractivity contribution in [1.29, 1.82) is 0 Å². The Morgan fingerprint density at radius 1 is 0.467 bits per heavy atom. The van der Waals surface area contributed by atoms with Crippen molar-refractivity contribution in [3.8, 4) is 0 Å². The summed E-state index contributed by atoms with van der Waals surface area (Å²) < 4.78 is 0. The predicted octanol–water partition coefficient (Wildman–Crippen LogP) is 8.90. The second-order valence-corrected chi connectivity index (χ2v) is 10.4. The molecule has 0 fully saturated rings. The van der Waals surface area contributed by atoms with E-state index in [-0.39, 0.29) is 0 Å². The molecule has 2 aromatic rings. The highest BCUT2D eigenvalue weighted by Crippen LogP contribution is 2.29. The molecule has 0 unspecified atom stereocenters. The molecular weight excluding hydrogens is 364 g/mol. The normalized spacial score (nSPS) is 11.8. The maximum absolute atomic E-state index is 4.37. The Morgan fingerprint density at radius 3 is 1.40 bits per heavy atom. The maximum atomic E-state index is 4.37. The molecule has 0 aliphatic rings. The fourth-order valence-corrected chi connectivity index (χ4v) is 3.60. The van der Waals surface area contributed by atoms with Gasteiger partial charge in [0, 0.05) is 0 Å². The number of rotatable bonds is 6. The molecule has 30 heavy (non-hydrogen) atoms. The van der Waals surface area contributed by atoms with E-state index in [4.69, 9.17) is 0 Å². The molecule has 2 nitrogen and oxygen atoms in total. The van der Waals surface area contributed by atoms with Gasteiger partial charge in [-0.15, -0.1) is 0 Å². The SMILES string of the molecule is CC(C)c1cc(C(C)C)c(C(C)C)nn1.CC(C)c1ccc(C(C)C)c(C(C)C)c1. The van der Waals surface area contributed by atoms with Crippen molar-refractivity contribution < 1.29 is 0 Å². The smallest absolute Gasteiger partial charge is 0.0691 e. The van der Waals surface area contributed by atoms with Crippen LogP contribution in [0.5, 0.6) is 0 Å². The minimum absolute atomic E-state index is 0.455. The Labute approximate surface area is 186 Å². The number of hydrogen-bond acceptors (Lipinski definition) is 2. The highest BCUT2D eigenvalue weighted by atomic mass is 15.1. The highest BCUT2D eigenvalue weighted by Gasteiger charge is 2.14. The minimum atomic E-state index is 0.455. The Balaban J connectivity index is 0.000000300. The zero-order valence-electron chi connectivity index (χ0n) is 21.7. The molecule has 0 saturated carbocycles. The van der Waals surface area contributed by atoms with Crippen LogP contribution in [-0.2, 0) is 0 Å². The lowest BCUT2D eigenvalue weighted by Crippen LogP contribution is -2.07. The maximum Gasteiger partial charge on any atom is 0.0691 e. The van der Waals surface area contributed by atoms with Gasteiger partial charge in [-0.2, -0.15) is 10.2 Å². The van der Waals surface area contributed by atoms with Crippen LogP contribution in [0.4, 0.5) is 0 Å². The first kappa shape index (κ1) is 26.3. The number of benzene rings is 1. The second kappa shape index (κ2) is 11.6. The molecule has 0 N–H and O–H groups in total. The van der Waals surface area contributed by atoms with Crippen LogP contribution in [0.1, 0.15) is 152 Å². The average molecular weight is 411 g/mol. The third kappa shape index (κ3) is 7.22. The Hall–Kier alpha value is -1.70. The summed E-state index contributed by atoms with van der Waals surface area (Å²) in [4.78, 5) is 0. The third-order valence-electron chi connectivity index (χ3n) is 5.65. The van der Waals surface area contributed by atoms with Gasteiger partial charge in [0.25, 0.3) is 0 Å². The van der Waals surface area contributed by atoms with Gasteiger partial charge in [0.2, 0.25) is 0 Å². The summed E-state index contributed by atoms with van der Waals surface area (Å²) in [6.45, 7) is 26.7. The molecule has 1 aromatic heterocycles. The van der Waals surface area contributed by atoms with E-state index in [1.165, 1.54) is 22.3 Å². The largest absolute Gasteiger partial charge is 0.155 e. The Bertz CT molecular complexity index is 716. The Kier molecular flexibility index (Phi) is 10.2. The van der Waals surface area contributed by atoms with E-state index in [2.05, 4.69) is 118 Å². The molecule has 0 spiro atoms. The van der Waals surface area contributed by atoms with Crippen LogP contribution in [0.2, 0.25) is 0 Å². The minimum Gasteiger partial charge on any atom is -0.155 e. The average Bonchev–Trinajstić information content (AvgIpc) is 2.67. The van der Waals surface area contributed by atoms with E-state index in [1.54, 1.807) is 0 Å². The molecule has 0 amide bonds. The molecule has 0 bridgehead atoms. The summed E-state index contributed by atoms with van der Waals surface area (Å²) >= 11 is 0. The summed E-state index contributed by atoms with van der Waals surface area (Å²) in [5, 5.41) is 8.66. The van der Waals surface area contributed by atoms with Gasteiger partial charge < -0.3 is 0 Å². The third-order valence-corrected chi connectivity index (χ3v) is 5.65. The van der Waals surface area contributed by atoms with E-state index in [0.29, 0.717) is 35.5 Å². The van der Waals surface area contributed by atoms with Crippen LogP contribution in [0.25, 0.3) is 0 Å². The van der Waals surface area contributed by atoms with E-state index in [1.807, 2.05) is 0 Å². The van der Waals surface area contributed by atoms with Gasteiger partial charge in [0.15, 0.2) is 0 Å². The number of aromatic nitrogens is 2. The van der Waals surface area contributed by atoms with E-state index >= 15 is 0 Å². The van der Waals surface area contributed by atoms with Crippen molar-refractivity contribution in [3.05, 3.63) is 57.9 Å². The van der Waals surface area contributed by atoms with Crippen molar-refractivity contribution in [2.75, 3.05) is 0 Å². The van der Waals surface area contributed by atoms with Crippen molar-refractivity contribution in [3.63, 3.8) is 0 Å². The fraction of sp³-hybridized carbons (Fsp3) is 0.643. The first-order chi connectivity index (χ1) is 13.9. The molecule has 1 heterocycles. The van der Waals surface area contributed by atoms with Gasteiger partial charge >= 0.3 is 0 Å². The molecular formula is C28H46N2. The molecule has 2 heteroatoms. The fourth-order valence-electron chi connectivity index (χ4n) is 3.60. The quantitative estimate of drug-likeness (QED) is 0.475. The van der Waals surface area contributed by atoms with Crippen LogP contribution < -0.4 is 0 Å². The topological polar surface area (TPSA) is 25.8 Å². The van der Waals surface area contributed by atoms with Gasteiger partial charge in [0.05, 0.1) is 11.4 Å². The van der Waals surface area contributed by atoms with Crippen LogP contribution in [-0.4, -0.2) is 10.2 Å². The second-order valence-electron chi connectivity index (χ2n) is 10.4. The van der Waals surface area contributed by atoms with E-state index in [9.17, 15) is 0 Å². The lowest BCUT2D eigenvalue weighted by Gasteiger charge is -2.18. The van der Waals surface area contributed by atoms with Gasteiger partial charge in [-0.25, -0.2) is 0 Å². The first-order valence-corrected chi connectivity index (χ1v) is 11.9. The zero-order chi connectivity index (χ0) is 23.2. The number of hydrogen-bond donors (Lipinski definition) is 0. The van der Waals surface area contributed by atoms with Gasteiger partial charge in [-0.05, 0) is 63.8 Å². The van der Waals surface area contributed by atoms with Crippen molar-refractivity contribution in [2.24, 2.45) is 0 Å². The van der Waals surface area contributed by atoms with Crippen molar-refractivity contribution in [2.45, 2.75) is 119 Å². The highest BCUT2D eigenvalue weighted by molar-refractivity contribution is 5.37. The van der Waals surface area contributed by atoms with E-state index in [0.717, 1.165) is 11.4 Å². The molecule has 1 aromatic carbocycles. The Morgan fingerprint density at radius 2 is 1.00 bits per heavy atom. The molecule has 168 valence electrons. The summed E-state index contributed by atoms with van der Waals surface area (Å²) in [5.74, 6) is 3.32. The van der Waals surface area contributed by atoms with Crippen LogP contribution in [0.15, 0.2) is 24.3 Å².